The van der Waals surface area contributed by atoms with Gasteiger partial charge in [-0.15, -0.1) is 0 Å². The Bertz CT molecular complexity index is 722. The van der Waals surface area contributed by atoms with Crippen LogP contribution >= 0.6 is 0 Å². The Labute approximate surface area is 168 Å². The monoisotopic (exact) mass is 383 g/mol. The first-order valence-electron chi connectivity index (χ1n) is 10.9. The standard InChI is InChI=1S/C23H33N3O2/c1-19-6-5-14-26(19)16-17-27-22-9-7-20(8-10-22)23-24-21(18-28-23)11-15-25-12-3-2-4-13-25/h7-10,18-19H,2-6,11-17H2,1H3. The smallest absolute Gasteiger partial charge is 0.226 e. The predicted molar refractivity (Wildman–Crippen MR) is 112 cm³/mol. The van der Waals surface area contributed by atoms with Crippen LogP contribution in [0.2, 0.25) is 0 Å². The molecule has 1 aromatic heterocycles. The van der Waals surface area contributed by atoms with Gasteiger partial charge in [0.15, 0.2) is 0 Å². The van der Waals surface area contributed by atoms with Gasteiger partial charge in [-0.25, -0.2) is 4.98 Å². The van der Waals surface area contributed by atoms with Crippen LogP contribution in [0.3, 0.4) is 0 Å². The van der Waals surface area contributed by atoms with Crippen LogP contribution in [-0.4, -0.2) is 60.2 Å². The summed E-state index contributed by atoms with van der Waals surface area (Å²) in [5, 5.41) is 0. The van der Waals surface area contributed by atoms with E-state index in [1.807, 2.05) is 24.3 Å². The highest BCUT2D eigenvalue weighted by Crippen LogP contribution is 2.23. The second kappa shape index (κ2) is 9.57. The van der Waals surface area contributed by atoms with E-state index >= 15 is 0 Å². The van der Waals surface area contributed by atoms with Crippen molar-refractivity contribution in [2.45, 2.75) is 51.5 Å². The van der Waals surface area contributed by atoms with Gasteiger partial charge in [0.1, 0.15) is 18.6 Å². The first-order valence-corrected chi connectivity index (χ1v) is 10.9. The van der Waals surface area contributed by atoms with Crippen LogP contribution in [0.15, 0.2) is 34.9 Å². The minimum atomic E-state index is 0.695. The average molecular weight is 384 g/mol. The zero-order valence-corrected chi connectivity index (χ0v) is 17.1. The van der Waals surface area contributed by atoms with E-state index in [9.17, 15) is 0 Å². The fraction of sp³-hybridized carbons (Fsp3) is 0.609. The average Bonchev–Trinajstić information content (AvgIpc) is 3.37. The number of benzene rings is 1. The molecule has 2 aliphatic heterocycles. The highest BCUT2D eigenvalue weighted by Gasteiger charge is 2.19. The Balaban J connectivity index is 1.24. The summed E-state index contributed by atoms with van der Waals surface area (Å²) in [5.74, 6) is 1.61. The number of aromatic nitrogens is 1. The molecule has 4 rings (SSSR count). The minimum absolute atomic E-state index is 0.695. The van der Waals surface area contributed by atoms with Gasteiger partial charge in [0.25, 0.3) is 0 Å². The maximum absolute atomic E-state index is 5.92. The van der Waals surface area contributed by atoms with E-state index in [4.69, 9.17) is 9.15 Å². The number of ether oxygens (including phenoxy) is 1. The molecule has 152 valence electrons. The van der Waals surface area contributed by atoms with Crippen LogP contribution in [0, 0.1) is 0 Å². The summed E-state index contributed by atoms with van der Waals surface area (Å²) >= 11 is 0. The first-order chi connectivity index (χ1) is 13.8. The molecule has 2 aromatic rings. The van der Waals surface area contributed by atoms with Crippen LogP contribution < -0.4 is 4.74 Å². The normalized spacial score (nSPS) is 21.2. The second-order valence-electron chi connectivity index (χ2n) is 8.20. The molecule has 0 aliphatic carbocycles. The van der Waals surface area contributed by atoms with E-state index in [0.717, 1.165) is 43.1 Å². The van der Waals surface area contributed by atoms with E-state index in [1.54, 1.807) is 6.26 Å². The third kappa shape index (κ3) is 5.15. The molecule has 5 heteroatoms. The van der Waals surface area contributed by atoms with Crippen molar-refractivity contribution >= 4 is 0 Å². The van der Waals surface area contributed by atoms with Gasteiger partial charge in [-0.2, -0.15) is 0 Å². The molecule has 0 bridgehead atoms. The zero-order chi connectivity index (χ0) is 19.2. The number of nitrogens with zero attached hydrogens (tertiary/aromatic N) is 3. The molecule has 28 heavy (non-hydrogen) atoms. The lowest BCUT2D eigenvalue weighted by atomic mass is 10.1. The number of oxazole rings is 1. The van der Waals surface area contributed by atoms with Crippen molar-refractivity contribution in [1.82, 2.24) is 14.8 Å². The summed E-state index contributed by atoms with van der Waals surface area (Å²) in [6, 6.07) is 8.79. The molecule has 1 unspecified atom stereocenters. The molecule has 2 saturated heterocycles. The lowest BCUT2D eigenvalue weighted by Crippen LogP contribution is -2.31. The Morgan fingerprint density at radius 3 is 2.61 bits per heavy atom. The summed E-state index contributed by atoms with van der Waals surface area (Å²) in [7, 11) is 0. The van der Waals surface area contributed by atoms with Crippen LogP contribution in [0.4, 0.5) is 0 Å². The summed E-state index contributed by atoms with van der Waals surface area (Å²) in [4.78, 5) is 9.72. The molecular weight excluding hydrogens is 350 g/mol. The minimum Gasteiger partial charge on any atom is -0.492 e. The Hall–Kier alpha value is -1.85. The summed E-state index contributed by atoms with van der Waals surface area (Å²) in [5.41, 5.74) is 2.05. The lowest BCUT2D eigenvalue weighted by molar-refractivity contribution is 0.204. The fourth-order valence-corrected chi connectivity index (χ4v) is 4.31. The third-order valence-electron chi connectivity index (χ3n) is 6.12. The van der Waals surface area contributed by atoms with Gasteiger partial charge >= 0.3 is 0 Å². The lowest BCUT2D eigenvalue weighted by Gasteiger charge is -2.25. The van der Waals surface area contributed by atoms with Crippen LogP contribution in [0.5, 0.6) is 5.75 Å². The Morgan fingerprint density at radius 2 is 1.86 bits per heavy atom. The Morgan fingerprint density at radius 1 is 1.04 bits per heavy atom. The third-order valence-corrected chi connectivity index (χ3v) is 6.12. The molecular formula is C23H33N3O2. The molecule has 1 aromatic carbocycles. The van der Waals surface area contributed by atoms with Crippen LogP contribution in [0.25, 0.3) is 11.5 Å². The van der Waals surface area contributed by atoms with Crippen molar-refractivity contribution < 1.29 is 9.15 Å². The highest BCUT2D eigenvalue weighted by atomic mass is 16.5. The topological polar surface area (TPSA) is 41.7 Å². The van der Waals surface area contributed by atoms with Gasteiger partial charge in [-0.1, -0.05) is 6.42 Å². The van der Waals surface area contributed by atoms with E-state index in [-0.39, 0.29) is 0 Å². The molecule has 3 heterocycles. The Kier molecular flexibility index (Phi) is 6.65. The number of hydrogen-bond donors (Lipinski definition) is 0. The van der Waals surface area contributed by atoms with Gasteiger partial charge in [0.2, 0.25) is 5.89 Å². The van der Waals surface area contributed by atoms with Gasteiger partial charge in [0, 0.05) is 31.1 Å². The summed E-state index contributed by atoms with van der Waals surface area (Å²) in [6.07, 6.45) is 9.42. The summed E-state index contributed by atoms with van der Waals surface area (Å²) < 4.78 is 11.6. The van der Waals surface area contributed by atoms with E-state index < -0.39 is 0 Å². The number of likely N-dealkylation sites (tertiary alicyclic amines) is 2. The predicted octanol–water partition coefficient (Wildman–Crippen LogP) is 4.23. The van der Waals surface area contributed by atoms with E-state index in [0.29, 0.717) is 11.9 Å². The molecule has 2 fully saturated rings. The molecule has 1 atom stereocenters. The molecule has 0 radical (unpaired) electrons. The van der Waals surface area contributed by atoms with Crippen molar-refractivity contribution in [2.24, 2.45) is 0 Å². The summed E-state index contributed by atoms with van der Waals surface area (Å²) in [6.45, 7) is 8.78. The van der Waals surface area contributed by atoms with Gasteiger partial charge in [0.05, 0.1) is 5.69 Å². The van der Waals surface area contributed by atoms with Crippen molar-refractivity contribution in [3.63, 3.8) is 0 Å². The quantitative estimate of drug-likeness (QED) is 0.682. The molecule has 0 N–H and O–H groups in total. The number of hydrogen-bond acceptors (Lipinski definition) is 5. The number of rotatable bonds is 8. The maximum atomic E-state index is 5.92. The van der Waals surface area contributed by atoms with E-state index in [2.05, 4.69) is 21.7 Å². The van der Waals surface area contributed by atoms with Crippen molar-refractivity contribution in [2.75, 3.05) is 39.3 Å². The fourth-order valence-electron chi connectivity index (χ4n) is 4.31. The van der Waals surface area contributed by atoms with Crippen LogP contribution in [0.1, 0.15) is 44.7 Å². The van der Waals surface area contributed by atoms with Crippen molar-refractivity contribution in [3.8, 4) is 17.2 Å². The van der Waals surface area contributed by atoms with Gasteiger partial charge < -0.3 is 14.1 Å². The van der Waals surface area contributed by atoms with Gasteiger partial charge in [-0.05, 0) is 76.5 Å². The van der Waals surface area contributed by atoms with E-state index in [1.165, 1.54) is 51.7 Å². The zero-order valence-electron chi connectivity index (χ0n) is 17.1. The molecule has 2 aliphatic rings. The van der Waals surface area contributed by atoms with Crippen molar-refractivity contribution in [1.29, 1.82) is 0 Å². The first kappa shape index (κ1) is 19.5. The second-order valence-corrected chi connectivity index (χ2v) is 8.20. The van der Waals surface area contributed by atoms with Crippen LogP contribution in [-0.2, 0) is 6.42 Å². The largest absolute Gasteiger partial charge is 0.492 e. The maximum Gasteiger partial charge on any atom is 0.226 e. The highest BCUT2D eigenvalue weighted by molar-refractivity contribution is 5.54. The molecule has 0 amide bonds. The number of piperidine rings is 1. The van der Waals surface area contributed by atoms with Gasteiger partial charge in [-0.3, -0.25) is 4.90 Å². The molecule has 0 saturated carbocycles. The van der Waals surface area contributed by atoms with Crippen molar-refractivity contribution in [3.05, 3.63) is 36.2 Å². The molecule has 0 spiro atoms. The SMILES string of the molecule is CC1CCCN1CCOc1ccc(-c2nc(CCN3CCCCC3)co2)cc1. The molecule has 5 nitrogen and oxygen atoms in total.